The highest BCUT2D eigenvalue weighted by molar-refractivity contribution is 7.00. The lowest BCUT2D eigenvalue weighted by Crippen LogP contribution is -2.62. The van der Waals surface area contributed by atoms with Crippen LogP contribution in [-0.2, 0) is 21.7 Å². The number of benzene rings is 13. The molecule has 0 saturated carbocycles. The van der Waals surface area contributed by atoms with Crippen LogP contribution in [-0.4, -0.2) is 15.8 Å². The number of ether oxygens (including phenoxy) is 2. The molecule has 0 bridgehead atoms. The minimum Gasteiger partial charge on any atom is -0.456 e. The molecule has 7 heteroatoms. The Hall–Kier alpha value is -11.3. The fraction of sp³-hybridized carbons (Fsp3) is 0.196. The summed E-state index contributed by atoms with van der Waals surface area (Å²) in [5.74, 6) is 3.42. The van der Waals surface area contributed by atoms with Crippen LogP contribution in [0.1, 0.15) is 131 Å². The van der Waals surface area contributed by atoms with Gasteiger partial charge in [0.05, 0.1) is 33.4 Å². The molecule has 2 aromatic heterocycles. The van der Waals surface area contributed by atoms with Crippen molar-refractivity contribution in [3.05, 3.63) is 283 Å². The van der Waals surface area contributed by atoms with Gasteiger partial charge in [-0.3, -0.25) is 0 Å². The van der Waals surface area contributed by atoms with Crippen molar-refractivity contribution < 1.29 is 9.47 Å². The second kappa shape index (κ2) is 22.6. The summed E-state index contributed by atoms with van der Waals surface area (Å²) in [7, 11) is 0. The molecule has 0 aliphatic carbocycles. The van der Waals surface area contributed by atoms with E-state index in [4.69, 9.17) is 9.47 Å². The lowest BCUT2D eigenvalue weighted by molar-refractivity contribution is 0.486. The van der Waals surface area contributed by atoms with Gasteiger partial charge in [0.1, 0.15) is 23.0 Å². The second-order valence-corrected chi connectivity index (χ2v) is 33.9. The van der Waals surface area contributed by atoms with Gasteiger partial charge in [0.25, 0.3) is 6.71 Å². The van der Waals surface area contributed by atoms with E-state index < -0.39 is 6.71 Å². The van der Waals surface area contributed by atoms with Gasteiger partial charge in [-0.1, -0.05) is 230 Å². The molecule has 6 nitrogen and oxygen atoms in total. The average Bonchev–Trinajstić information content (AvgIpc) is 0.707. The molecule has 0 atom stereocenters. The molecule has 0 fully saturated rings. The molecular formula is C97H85BN4O2. The first-order valence-corrected chi connectivity index (χ1v) is 37.2. The smallest absolute Gasteiger partial charge is 0.252 e. The van der Waals surface area contributed by atoms with Gasteiger partial charge < -0.3 is 28.4 Å². The molecule has 6 heterocycles. The fourth-order valence-electron chi connectivity index (χ4n) is 17.4. The van der Waals surface area contributed by atoms with Crippen LogP contribution in [0.4, 0.5) is 34.1 Å². The lowest BCUT2D eigenvalue weighted by atomic mass is 9.33. The maximum absolute atomic E-state index is 7.59. The summed E-state index contributed by atoms with van der Waals surface area (Å²) in [6.45, 7) is 32.3. The lowest BCUT2D eigenvalue weighted by Gasteiger charge is -2.47. The van der Waals surface area contributed by atoms with Gasteiger partial charge in [-0.05, 0) is 193 Å². The Balaban J connectivity index is 1.05. The maximum Gasteiger partial charge on any atom is 0.252 e. The number of para-hydroxylation sites is 6. The predicted molar refractivity (Wildman–Crippen MR) is 440 cm³/mol. The van der Waals surface area contributed by atoms with Crippen LogP contribution in [0.5, 0.6) is 23.0 Å². The standard InChI is InChI=1S/C97H85BN4O2/c1-57(2)58-39-43-83-71(47-58)67-29-17-23-35-87(67)103-89-37-25-19-31-69(89)75-53-63(99-79-33-21-15-27-65(79)72-48-59(94(3,4)5)40-44-81(72)99)55-77-92(75)101(83)85-51-62(97(12,13)14)52-86-91(85)98(77)78-56-64(100-80-34-22-16-28-66(80)73-49-60(95(6,7)8)41-45-82(73)100)54-76-70-32-20-26-38-90(70)104-88-36-24-18-30-68(88)74-50-61(96(9,10)11)42-46-84(74)102(86)93(76)78/h15-57H,1-14H3. The van der Waals surface area contributed by atoms with E-state index in [0.29, 0.717) is 0 Å². The Bertz CT molecular complexity index is 6170. The largest absolute Gasteiger partial charge is 0.456 e. The van der Waals surface area contributed by atoms with Crippen molar-refractivity contribution in [2.45, 2.75) is 125 Å². The maximum atomic E-state index is 7.59. The average molecular weight is 1350 g/mol. The van der Waals surface area contributed by atoms with Crippen molar-refractivity contribution in [2.75, 3.05) is 9.80 Å². The molecule has 508 valence electrons. The summed E-state index contributed by atoms with van der Waals surface area (Å²) in [6, 6.07) is 97.3. The highest BCUT2D eigenvalue weighted by Gasteiger charge is 2.48. The van der Waals surface area contributed by atoms with Gasteiger partial charge in [0.2, 0.25) is 0 Å². The van der Waals surface area contributed by atoms with Crippen LogP contribution in [0.2, 0.25) is 0 Å². The van der Waals surface area contributed by atoms with E-state index in [1.54, 1.807) is 0 Å². The molecule has 4 aliphatic rings. The first-order chi connectivity index (χ1) is 49.9. The van der Waals surface area contributed by atoms with E-state index in [9.17, 15) is 0 Å². The van der Waals surface area contributed by atoms with Crippen LogP contribution in [0.3, 0.4) is 0 Å². The van der Waals surface area contributed by atoms with Crippen LogP contribution < -0.4 is 35.7 Å². The number of aromatic nitrogens is 2. The number of nitrogens with zero attached hydrogens (tertiary/aromatic N) is 4. The molecule has 0 radical (unpaired) electrons. The van der Waals surface area contributed by atoms with Crippen molar-refractivity contribution >= 4 is 101 Å². The van der Waals surface area contributed by atoms with E-state index in [2.05, 4.69) is 371 Å². The highest BCUT2D eigenvalue weighted by Crippen LogP contribution is 2.58. The fourth-order valence-corrected chi connectivity index (χ4v) is 17.4. The van der Waals surface area contributed by atoms with Crippen molar-refractivity contribution in [2.24, 2.45) is 0 Å². The molecule has 104 heavy (non-hydrogen) atoms. The number of fused-ring (bicyclic) bond motifs is 22. The van der Waals surface area contributed by atoms with Crippen LogP contribution in [0.25, 0.3) is 99.5 Å². The molecule has 19 rings (SSSR count). The molecule has 0 spiro atoms. The van der Waals surface area contributed by atoms with Gasteiger partial charge in [0.15, 0.2) is 0 Å². The molecule has 0 unspecified atom stereocenters. The minimum absolute atomic E-state index is 0.0735. The van der Waals surface area contributed by atoms with Crippen molar-refractivity contribution in [3.63, 3.8) is 0 Å². The van der Waals surface area contributed by atoms with Crippen molar-refractivity contribution in [1.29, 1.82) is 0 Å². The SMILES string of the molecule is CC(C)c1ccc2c(c1)-c1ccccc1Oc1ccccc1-c1cc(-n3c4ccccc4c4cc(C(C)(C)C)ccc43)cc3c1N2c1cc(C(C)(C)C)cc2c1B3c1cc(-n3c4ccccc4c4cc(C(C)(C)C)ccc43)cc3c1N2c1ccc(C(C)(C)C)cc1-c1ccccc1Oc1ccccc1-3. The van der Waals surface area contributed by atoms with Gasteiger partial charge >= 0.3 is 0 Å². The van der Waals surface area contributed by atoms with E-state index in [1.165, 1.54) is 65.8 Å². The summed E-state index contributed by atoms with van der Waals surface area (Å²) in [6.07, 6.45) is 0. The first-order valence-electron chi connectivity index (χ1n) is 37.2. The Morgan fingerprint density at radius 3 is 1.07 bits per heavy atom. The highest BCUT2D eigenvalue weighted by atomic mass is 16.5. The Morgan fingerprint density at radius 2 is 0.644 bits per heavy atom. The zero-order valence-corrected chi connectivity index (χ0v) is 62.0. The number of hydrogen-bond donors (Lipinski definition) is 0. The molecule has 15 aromatic rings. The molecule has 0 amide bonds. The summed E-state index contributed by atoms with van der Waals surface area (Å²) < 4.78 is 20.3. The third-order valence-electron chi connectivity index (χ3n) is 22.9. The van der Waals surface area contributed by atoms with Crippen molar-refractivity contribution in [1.82, 2.24) is 9.13 Å². The Kier molecular flexibility index (Phi) is 13.8. The summed E-state index contributed by atoms with van der Waals surface area (Å²) in [4.78, 5) is 5.41. The molecular weight excluding hydrogens is 1260 g/mol. The van der Waals surface area contributed by atoms with Crippen LogP contribution in [0, 0.1) is 0 Å². The molecule has 0 N–H and O–H groups in total. The van der Waals surface area contributed by atoms with E-state index >= 15 is 0 Å². The number of hydrogen-bond acceptors (Lipinski definition) is 4. The minimum atomic E-state index is -0.396. The number of rotatable bonds is 3. The third-order valence-corrected chi connectivity index (χ3v) is 22.9. The van der Waals surface area contributed by atoms with Gasteiger partial charge in [-0.2, -0.15) is 0 Å². The van der Waals surface area contributed by atoms with Crippen molar-refractivity contribution in [3.8, 4) is 78.9 Å². The normalized spacial score (nSPS) is 13.7. The predicted octanol–water partition coefficient (Wildman–Crippen LogP) is 25.2. The summed E-state index contributed by atoms with van der Waals surface area (Å²) in [5, 5.41) is 4.89. The zero-order chi connectivity index (χ0) is 71.4. The monoisotopic (exact) mass is 1350 g/mol. The van der Waals surface area contributed by atoms with Gasteiger partial charge in [-0.25, -0.2) is 0 Å². The van der Waals surface area contributed by atoms with Gasteiger partial charge in [0, 0.05) is 100 Å². The molecule has 4 aliphatic heterocycles. The topological polar surface area (TPSA) is 34.8 Å². The summed E-state index contributed by atoms with van der Waals surface area (Å²) >= 11 is 0. The van der Waals surface area contributed by atoms with Crippen LogP contribution in [0.15, 0.2) is 255 Å². The quantitative estimate of drug-likeness (QED) is 0.165. The zero-order valence-electron chi connectivity index (χ0n) is 62.0. The Labute approximate surface area is 611 Å². The summed E-state index contributed by atoms with van der Waals surface area (Å²) in [5.41, 5.74) is 31.0. The van der Waals surface area contributed by atoms with E-state index in [-0.39, 0.29) is 27.6 Å². The van der Waals surface area contributed by atoms with Gasteiger partial charge in [-0.15, -0.1) is 0 Å². The third kappa shape index (κ3) is 9.68. The van der Waals surface area contributed by atoms with E-state index in [1.807, 2.05) is 0 Å². The van der Waals surface area contributed by atoms with Crippen LogP contribution >= 0.6 is 0 Å². The second-order valence-electron chi connectivity index (χ2n) is 33.9. The van der Waals surface area contributed by atoms with E-state index in [0.717, 1.165) is 135 Å². The number of anilines is 6. The Morgan fingerprint density at radius 1 is 0.288 bits per heavy atom. The molecule has 0 saturated heterocycles. The molecule has 13 aromatic carbocycles. The first kappa shape index (κ1) is 63.6.